The van der Waals surface area contributed by atoms with E-state index in [9.17, 15) is 4.79 Å². The van der Waals surface area contributed by atoms with E-state index in [1.165, 1.54) is 68.9 Å². The molecule has 5 rings (SSSR count). The zero-order valence-corrected chi connectivity index (χ0v) is 28.3. The van der Waals surface area contributed by atoms with Crippen molar-refractivity contribution < 1.29 is 9.53 Å². The SMILES string of the molecule is Cc1cc(C)c(CCC(=O)O[C@H]2CC[C@@]3(C)C(=CCC4C3CC[C@@]3(C)C4CC[C@@H]3[C@H](C)CCCC(C)C)C2)c(C)c1N. The number of carbonyl (C=O) groups is 1. The van der Waals surface area contributed by atoms with Crippen LogP contribution in [0.25, 0.3) is 0 Å². The average molecular weight is 576 g/mol. The Morgan fingerprint density at radius 1 is 1.00 bits per heavy atom. The van der Waals surface area contributed by atoms with Crippen LogP contribution in [0, 0.1) is 67.1 Å². The molecule has 0 amide bonds. The van der Waals surface area contributed by atoms with Crippen LogP contribution in [0.5, 0.6) is 0 Å². The summed E-state index contributed by atoms with van der Waals surface area (Å²) in [5.41, 5.74) is 14.2. The second-order valence-electron chi connectivity index (χ2n) is 16.2. The summed E-state index contributed by atoms with van der Waals surface area (Å²) in [6.45, 7) is 18.8. The third kappa shape index (κ3) is 5.84. The van der Waals surface area contributed by atoms with Crippen LogP contribution in [0.15, 0.2) is 17.7 Å². The van der Waals surface area contributed by atoms with E-state index in [1.54, 1.807) is 5.57 Å². The van der Waals surface area contributed by atoms with Gasteiger partial charge in [-0.3, -0.25) is 4.79 Å². The van der Waals surface area contributed by atoms with Crippen LogP contribution in [0.1, 0.15) is 134 Å². The van der Waals surface area contributed by atoms with Gasteiger partial charge in [-0.25, -0.2) is 0 Å². The maximum Gasteiger partial charge on any atom is 0.306 e. The van der Waals surface area contributed by atoms with E-state index < -0.39 is 0 Å². The fraction of sp³-hybridized carbons (Fsp3) is 0.769. The Kier molecular flexibility index (Phi) is 9.28. The van der Waals surface area contributed by atoms with Gasteiger partial charge in [0.15, 0.2) is 0 Å². The highest BCUT2D eigenvalue weighted by atomic mass is 16.5. The summed E-state index contributed by atoms with van der Waals surface area (Å²) in [4.78, 5) is 13.0. The Balaban J connectivity index is 1.19. The van der Waals surface area contributed by atoms with Crippen LogP contribution < -0.4 is 5.73 Å². The van der Waals surface area contributed by atoms with Crippen LogP contribution >= 0.6 is 0 Å². The molecule has 3 nitrogen and oxygen atoms in total. The Bertz CT molecular complexity index is 1180. The zero-order valence-electron chi connectivity index (χ0n) is 28.3. The molecule has 42 heavy (non-hydrogen) atoms. The van der Waals surface area contributed by atoms with Crippen molar-refractivity contribution in [2.24, 2.45) is 46.3 Å². The number of rotatable bonds is 9. The first-order chi connectivity index (χ1) is 19.8. The highest BCUT2D eigenvalue weighted by Crippen LogP contribution is 2.67. The fourth-order valence-corrected chi connectivity index (χ4v) is 10.9. The first kappa shape index (κ1) is 31.6. The minimum absolute atomic E-state index is 0.0371. The molecular weight excluding hydrogens is 514 g/mol. The number of allylic oxidation sites excluding steroid dienone is 1. The average Bonchev–Trinajstić information content (AvgIpc) is 3.29. The quantitative estimate of drug-likeness (QED) is 0.181. The van der Waals surface area contributed by atoms with Crippen LogP contribution in [0.3, 0.4) is 0 Å². The summed E-state index contributed by atoms with van der Waals surface area (Å²) in [6.07, 6.45) is 18.1. The van der Waals surface area contributed by atoms with Crippen molar-refractivity contribution in [3.8, 4) is 0 Å². The topological polar surface area (TPSA) is 52.3 Å². The number of esters is 1. The lowest BCUT2D eigenvalue weighted by Crippen LogP contribution is -2.51. The van der Waals surface area contributed by atoms with Crippen LogP contribution in [-0.2, 0) is 16.0 Å². The van der Waals surface area contributed by atoms with Crippen LogP contribution in [0.4, 0.5) is 5.69 Å². The lowest BCUT2D eigenvalue weighted by atomic mass is 9.47. The molecule has 1 aromatic rings. The minimum atomic E-state index is -0.0521. The predicted octanol–water partition coefficient (Wildman–Crippen LogP) is 10.1. The molecule has 234 valence electrons. The summed E-state index contributed by atoms with van der Waals surface area (Å²) in [5.74, 6) is 5.09. The van der Waals surface area contributed by atoms with Gasteiger partial charge < -0.3 is 10.5 Å². The summed E-state index contributed by atoms with van der Waals surface area (Å²) in [5, 5.41) is 0. The highest BCUT2D eigenvalue weighted by Gasteiger charge is 2.59. The van der Waals surface area contributed by atoms with E-state index in [0.717, 1.165) is 65.2 Å². The van der Waals surface area contributed by atoms with Crippen molar-refractivity contribution in [2.45, 2.75) is 145 Å². The Morgan fingerprint density at radius 2 is 1.76 bits per heavy atom. The molecule has 0 heterocycles. The summed E-state index contributed by atoms with van der Waals surface area (Å²) >= 11 is 0. The molecule has 3 saturated carbocycles. The van der Waals surface area contributed by atoms with Gasteiger partial charge in [0.05, 0.1) is 0 Å². The molecular formula is C39H61NO2. The highest BCUT2D eigenvalue weighted by molar-refractivity contribution is 5.70. The summed E-state index contributed by atoms with van der Waals surface area (Å²) in [6, 6.07) is 2.14. The Hall–Kier alpha value is -1.77. The first-order valence-electron chi connectivity index (χ1n) is 17.6. The van der Waals surface area contributed by atoms with Crippen molar-refractivity contribution in [1.29, 1.82) is 0 Å². The molecule has 0 radical (unpaired) electrons. The number of fused-ring (bicyclic) bond motifs is 5. The lowest BCUT2D eigenvalue weighted by Gasteiger charge is -2.58. The number of carbonyl (C=O) groups excluding carboxylic acids is 1. The lowest BCUT2D eigenvalue weighted by molar-refractivity contribution is -0.151. The third-order valence-electron chi connectivity index (χ3n) is 13.3. The van der Waals surface area contributed by atoms with E-state index in [-0.39, 0.29) is 12.1 Å². The minimum Gasteiger partial charge on any atom is -0.462 e. The van der Waals surface area contributed by atoms with Gasteiger partial charge in [0.1, 0.15) is 6.10 Å². The second-order valence-corrected chi connectivity index (χ2v) is 16.2. The molecule has 4 aliphatic rings. The fourth-order valence-electron chi connectivity index (χ4n) is 10.9. The third-order valence-corrected chi connectivity index (χ3v) is 13.3. The van der Waals surface area contributed by atoms with Crippen molar-refractivity contribution in [3.05, 3.63) is 40.0 Å². The Labute approximate surface area is 257 Å². The number of ether oxygens (including phenoxy) is 1. The summed E-state index contributed by atoms with van der Waals surface area (Å²) in [7, 11) is 0. The molecule has 0 bridgehead atoms. The molecule has 0 spiro atoms. The largest absolute Gasteiger partial charge is 0.462 e. The summed E-state index contributed by atoms with van der Waals surface area (Å²) < 4.78 is 6.14. The zero-order chi connectivity index (χ0) is 30.4. The first-order valence-corrected chi connectivity index (χ1v) is 17.6. The molecule has 0 aliphatic heterocycles. The van der Waals surface area contributed by atoms with E-state index in [1.807, 2.05) is 0 Å². The molecule has 3 unspecified atom stereocenters. The van der Waals surface area contributed by atoms with Gasteiger partial charge in [0, 0.05) is 18.5 Å². The Morgan fingerprint density at radius 3 is 2.50 bits per heavy atom. The normalized spacial score (nSPS) is 34.8. The van der Waals surface area contributed by atoms with Gasteiger partial charge in [0.25, 0.3) is 0 Å². The van der Waals surface area contributed by atoms with Gasteiger partial charge >= 0.3 is 5.97 Å². The van der Waals surface area contributed by atoms with E-state index in [2.05, 4.69) is 67.5 Å². The number of hydrogen-bond donors (Lipinski definition) is 1. The van der Waals surface area contributed by atoms with Crippen molar-refractivity contribution in [1.82, 2.24) is 0 Å². The molecule has 2 N–H and O–H groups in total. The van der Waals surface area contributed by atoms with E-state index >= 15 is 0 Å². The molecule has 8 atom stereocenters. The molecule has 1 aromatic carbocycles. The molecule has 3 heteroatoms. The van der Waals surface area contributed by atoms with Gasteiger partial charge in [0.2, 0.25) is 0 Å². The molecule has 4 aliphatic carbocycles. The van der Waals surface area contributed by atoms with Crippen LogP contribution in [-0.4, -0.2) is 12.1 Å². The van der Waals surface area contributed by atoms with Gasteiger partial charge in [-0.05, 0) is 141 Å². The predicted molar refractivity (Wildman–Crippen MR) is 176 cm³/mol. The van der Waals surface area contributed by atoms with Crippen molar-refractivity contribution in [3.63, 3.8) is 0 Å². The molecule has 0 aromatic heterocycles. The van der Waals surface area contributed by atoms with Gasteiger partial charge in [-0.1, -0.05) is 71.6 Å². The van der Waals surface area contributed by atoms with E-state index in [4.69, 9.17) is 10.5 Å². The maximum absolute atomic E-state index is 13.0. The number of anilines is 1. The van der Waals surface area contributed by atoms with Gasteiger partial charge in [-0.15, -0.1) is 0 Å². The number of benzene rings is 1. The van der Waals surface area contributed by atoms with Crippen molar-refractivity contribution in [2.75, 3.05) is 5.73 Å². The second kappa shape index (κ2) is 12.3. The number of aryl methyl sites for hydroxylation is 2. The molecule has 3 fully saturated rings. The number of nitrogen functional groups attached to an aromatic ring is 1. The monoisotopic (exact) mass is 575 g/mol. The van der Waals surface area contributed by atoms with Gasteiger partial charge in [-0.2, -0.15) is 0 Å². The van der Waals surface area contributed by atoms with Crippen LogP contribution in [0.2, 0.25) is 0 Å². The van der Waals surface area contributed by atoms with Crippen molar-refractivity contribution >= 4 is 11.7 Å². The maximum atomic E-state index is 13.0. The smallest absolute Gasteiger partial charge is 0.306 e. The molecule has 0 saturated heterocycles. The number of nitrogens with two attached hydrogens (primary N) is 1. The number of hydrogen-bond acceptors (Lipinski definition) is 3. The van der Waals surface area contributed by atoms with E-state index in [0.29, 0.717) is 23.7 Å². The standard InChI is InChI=1S/C39H61NO2/c1-24(2)10-9-11-25(3)33-15-16-34-32-13-12-29-23-30(18-20-38(29,7)35(32)19-21-39(33,34)8)42-36(41)17-14-31-26(4)22-27(5)37(40)28(31)6/h12,22,24-25,30,32-35H,9-11,13-21,23,40H2,1-8H3/t25-,30+,32?,33-,34?,35?,38+,39-/m1/s1.